The molecule has 2 aromatic rings. The number of hydrogen-bond donors (Lipinski definition) is 3. The highest BCUT2D eigenvalue weighted by molar-refractivity contribution is 6.30. The van der Waals surface area contributed by atoms with Crippen molar-refractivity contribution in [1.82, 2.24) is 10.6 Å². The van der Waals surface area contributed by atoms with E-state index in [-0.39, 0.29) is 18.8 Å². The van der Waals surface area contributed by atoms with Crippen molar-refractivity contribution in [3.63, 3.8) is 0 Å². The second-order valence-electron chi connectivity index (χ2n) is 7.15. The van der Waals surface area contributed by atoms with Crippen LogP contribution < -0.4 is 15.4 Å². The molecule has 0 atom stereocenters. The zero-order valence-electron chi connectivity index (χ0n) is 16.6. The molecule has 1 aliphatic carbocycles. The SMILES string of the molecule is O=C(NCCO)/C(=C/c1ccc(Cl)cc1)NC(=O)c1ccc(OCCC2CC2)cc1. The molecule has 0 saturated heterocycles. The van der Waals surface area contributed by atoms with Gasteiger partial charge in [0.05, 0.1) is 13.2 Å². The van der Waals surface area contributed by atoms with Crippen molar-refractivity contribution in [3.05, 3.63) is 70.4 Å². The Labute approximate surface area is 180 Å². The van der Waals surface area contributed by atoms with Gasteiger partial charge in [0.1, 0.15) is 11.4 Å². The number of aliphatic hydroxyl groups is 1. The molecule has 6 nitrogen and oxygen atoms in total. The van der Waals surface area contributed by atoms with Crippen LogP contribution in [0.1, 0.15) is 35.2 Å². The first-order valence-electron chi connectivity index (χ1n) is 9.95. The molecule has 0 unspecified atom stereocenters. The van der Waals surface area contributed by atoms with Crippen LogP contribution in [0.25, 0.3) is 6.08 Å². The van der Waals surface area contributed by atoms with Crippen molar-refractivity contribution in [3.8, 4) is 5.75 Å². The standard InChI is InChI=1S/C23H25ClN2O4/c24-19-7-3-17(4-8-19)15-21(23(29)25-12-13-27)26-22(28)18-5-9-20(10-6-18)30-14-11-16-1-2-16/h3-10,15-16,27H,1-2,11-14H2,(H,25,29)(H,26,28)/b21-15-. The molecule has 0 aromatic heterocycles. The Balaban J connectivity index is 1.66. The van der Waals surface area contributed by atoms with Gasteiger partial charge in [-0.15, -0.1) is 0 Å². The Kier molecular flexibility index (Phi) is 7.88. The third kappa shape index (κ3) is 6.90. The number of hydrogen-bond acceptors (Lipinski definition) is 4. The molecule has 7 heteroatoms. The minimum absolute atomic E-state index is 0.0699. The van der Waals surface area contributed by atoms with E-state index in [1.807, 2.05) is 0 Å². The van der Waals surface area contributed by atoms with Gasteiger partial charge in [-0.05, 0) is 60.4 Å². The van der Waals surface area contributed by atoms with E-state index in [4.69, 9.17) is 21.4 Å². The average Bonchev–Trinajstić information content (AvgIpc) is 3.58. The lowest BCUT2D eigenvalue weighted by Gasteiger charge is -2.11. The van der Waals surface area contributed by atoms with Gasteiger partial charge in [-0.3, -0.25) is 9.59 Å². The van der Waals surface area contributed by atoms with Crippen molar-refractivity contribution in [2.75, 3.05) is 19.8 Å². The van der Waals surface area contributed by atoms with E-state index < -0.39 is 11.8 Å². The molecular weight excluding hydrogens is 404 g/mol. The number of carbonyl (C=O) groups is 2. The van der Waals surface area contributed by atoms with Gasteiger partial charge in [0.25, 0.3) is 11.8 Å². The maximum absolute atomic E-state index is 12.7. The van der Waals surface area contributed by atoms with Gasteiger partial charge in [0.15, 0.2) is 0 Å². The fourth-order valence-corrected chi connectivity index (χ4v) is 2.92. The van der Waals surface area contributed by atoms with Gasteiger partial charge < -0.3 is 20.5 Å². The number of benzene rings is 2. The van der Waals surface area contributed by atoms with Gasteiger partial charge in [0.2, 0.25) is 0 Å². The van der Waals surface area contributed by atoms with Crippen LogP contribution in [-0.2, 0) is 4.79 Å². The number of aliphatic hydroxyl groups excluding tert-OH is 1. The van der Waals surface area contributed by atoms with E-state index in [9.17, 15) is 9.59 Å². The molecule has 30 heavy (non-hydrogen) atoms. The lowest BCUT2D eigenvalue weighted by Crippen LogP contribution is -2.36. The number of amides is 2. The van der Waals surface area contributed by atoms with E-state index in [0.717, 1.165) is 12.3 Å². The maximum atomic E-state index is 12.7. The number of ether oxygens (including phenoxy) is 1. The van der Waals surface area contributed by atoms with Gasteiger partial charge in [-0.2, -0.15) is 0 Å². The number of rotatable bonds is 10. The molecule has 0 radical (unpaired) electrons. The molecule has 0 spiro atoms. The highest BCUT2D eigenvalue weighted by Gasteiger charge is 2.20. The Morgan fingerprint density at radius 2 is 1.80 bits per heavy atom. The van der Waals surface area contributed by atoms with Crippen LogP contribution in [-0.4, -0.2) is 36.7 Å². The first kappa shape index (κ1) is 21.9. The summed E-state index contributed by atoms with van der Waals surface area (Å²) in [6.45, 7) is 0.560. The summed E-state index contributed by atoms with van der Waals surface area (Å²) in [4.78, 5) is 25.1. The van der Waals surface area contributed by atoms with Crippen LogP contribution in [0.4, 0.5) is 0 Å². The van der Waals surface area contributed by atoms with Crippen LogP contribution >= 0.6 is 11.6 Å². The van der Waals surface area contributed by atoms with E-state index in [1.54, 1.807) is 54.6 Å². The summed E-state index contributed by atoms with van der Waals surface area (Å²) in [6.07, 6.45) is 5.20. The molecule has 1 aliphatic rings. The topological polar surface area (TPSA) is 87.7 Å². The molecule has 0 bridgehead atoms. The Hall–Kier alpha value is -2.83. The number of carbonyl (C=O) groups excluding carboxylic acids is 2. The predicted octanol–water partition coefficient (Wildman–Crippen LogP) is 3.40. The molecule has 0 heterocycles. The third-order valence-corrected chi connectivity index (χ3v) is 4.93. The molecule has 2 aromatic carbocycles. The first-order valence-corrected chi connectivity index (χ1v) is 10.3. The predicted molar refractivity (Wildman–Crippen MR) is 116 cm³/mol. The van der Waals surface area contributed by atoms with E-state index in [0.29, 0.717) is 28.5 Å². The minimum Gasteiger partial charge on any atom is -0.494 e. The second kappa shape index (κ2) is 10.8. The molecule has 3 N–H and O–H groups in total. The van der Waals surface area contributed by atoms with Crippen molar-refractivity contribution >= 4 is 29.5 Å². The molecule has 3 rings (SSSR count). The van der Waals surface area contributed by atoms with Gasteiger partial charge >= 0.3 is 0 Å². The largest absolute Gasteiger partial charge is 0.494 e. The van der Waals surface area contributed by atoms with Crippen LogP contribution in [0.15, 0.2) is 54.2 Å². The van der Waals surface area contributed by atoms with Gasteiger partial charge in [-0.1, -0.05) is 36.6 Å². The fourth-order valence-electron chi connectivity index (χ4n) is 2.80. The summed E-state index contributed by atoms with van der Waals surface area (Å²) in [5, 5.41) is 14.7. The summed E-state index contributed by atoms with van der Waals surface area (Å²) < 4.78 is 5.70. The third-order valence-electron chi connectivity index (χ3n) is 4.68. The quantitative estimate of drug-likeness (QED) is 0.506. The van der Waals surface area contributed by atoms with Crippen molar-refractivity contribution < 1.29 is 19.4 Å². The number of halogens is 1. The zero-order valence-corrected chi connectivity index (χ0v) is 17.3. The highest BCUT2D eigenvalue weighted by atomic mass is 35.5. The monoisotopic (exact) mass is 428 g/mol. The fraction of sp³-hybridized carbons (Fsp3) is 0.304. The van der Waals surface area contributed by atoms with Crippen molar-refractivity contribution in [2.24, 2.45) is 5.92 Å². The summed E-state index contributed by atoms with van der Waals surface area (Å²) >= 11 is 5.90. The van der Waals surface area contributed by atoms with Crippen molar-refractivity contribution in [2.45, 2.75) is 19.3 Å². The Morgan fingerprint density at radius 3 is 2.43 bits per heavy atom. The van der Waals surface area contributed by atoms with E-state index in [2.05, 4.69) is 10.6 Å². The summed E-state index contributed by atoms with van der Waals surface area (Å²) in [5.74, 6) is 0.606. The van der Waals surface area contributed by atoms with Crippen LogP contribution in [0.2, 0.25) is 5.02 Å². The molecule has 0 aliphatic heterocycles. The van der Waals surface area contributed by atoms with Crippen molar-refractivity contribution in [1.29, 1.82) is 0 Å². The summed E-state index contributed by atoms with van der Waals surface area (Å²) in [5.41, 5.74) is 1.18. The maximum Gasteiger partial charge on any atom is 0.267 e. The molecule has 2 amide bonds. The Morgan fingerprint density at radius 1 is 1.10 bits per heavy atom. The van der Waals surface area contributed by atoms with Crippen LogP contribution in [0, 0.1) is 5.92 Å². The average molecular weight is 429 g/mol. The zero-order chi connectivity index (χ0) is 21.3. The first-order chi connectivity index (χ1) is 14.5. The second-order valence-corrected chi connectivity index (χ2v) is 7.58. The lowest BCUT2D eigenvalue weighted by atomic mass is 10.1. The lowest BCUT2D eigenvalue weighted by molar-refractivity contribution is -0.117. The Bertz CT molecular complexity index is 890. The molecule has 158 valence electrons. The van der Waals surface area contributed by atoms with Gasteiger partial charge in [-0.25, -0.2) is 0 Å². The van der Waals surface area contributed by atoms with E-state index in [1.165, 1.54) is 12.8 Å². The number of nitrogens with one attached hydrogen (secondary N) is 2. The molecular formula is C23H25ClN2O4. The van der Waals surface area contributed by atoms with E-state index >= 15 is 0 Å². The summed E-state index contributed by atoms with van der Waals surface area (Å²) in [7, 11) is 0. The molecule has 1 saturated carbocycles. The molecule has 1 fully saturated rings. The minimum atomic E-state index is -0.493. The normalized spacial score (nSPS) is 13.6. The highest BCUT2D eigenvalue weighted by Crippen LogP contribution is 2.32. The smallest absolute Gasteiger partial charge is 0.267 e. The van der Waals surface area contributed by atoms with Gasteiger partial charge in [0, 0.05) is 17.1 Å². The summed E-state index contributed by atoms with van der Waals surface area (Å²) in [6, 6.07) is 13.7. The van der Waals surface area contributed by atoms with Crippen LogP contribution in [0.5, 0.6) is 5.75 Å². The van der Waals surface area contributed by atoms with Crippen LogP contribution in [0.3, 0.4) is 0 Å².